The lowest BCUT2D eigenvalue weighted by Crippen LogP contribution is -2.43. The molecule has 0 aromatic carbocycles. The lowest BCUT2D eigenvalue weighted by molar-refractivity contribution is -0.0864. The number of halogens is 1. The molecular weight excluding hydrogens is 304 g/mol. The maximum Gasteiger partial charge on any atom is 0.140 e. The van der Waals surface area contributed by atoms with Gasteiger partial charge in [-0.05, 0) is 60.2 Å². The van der Waals surface area contributed by atoms with E-state index in [9.17, 15) is 0 Å². The fraction of sp³-hybridized carbons (Fsp3) is 0.667. The zero-order chi connectivity index (χ0) is 13.9. The predicted octanol–water partition coefficient (Wildman–Crippen LogP) is 4.30. The minimum absolute atomic E-state index is 0.0478. The fourth-order valence-corrected chi connectivity index (χ4v) is 3.08. The second-order valence-corrected chi connectivity index (χ2v) is 6.16. The van der Waals surface area contributed by atoms with Gasteiger partial charge < -0.3 is 10.1 Å². The van der Waals surface area contributed by atoms with Crippen molar-refractivity contribution in [2.75, 3.05) is 11.9 Å². The largest absolute Gasteiger partial charge is 0.375 e. The highest BCUT2D eigenvalue weighted by Crippen LogP contribution is 2.33. The zero-order valence-electron chi connectivity index (χ0n) is 12.0. The van der Waals surface area contributed by atoms with E-state index in [1.54, 1.807) is 0 Å². The van der Waals surface area contributed by atoms with Gasteiger partial charge in [-0.3, -0.25) is 0 Å². The molecule has 1 fully saturated rings. The Bertz CT molecular complexity index is 432. The number of hydrogen-bond acceptors (Lipinski definition) is 3. The number of pyridine rings is 1. The number of nitrogens with zero attached hydrogens (tertiary/aromatic N) is 1. The van der Waals surface area contributed by atoms with Gasteiger partial charge in [0.05, 0.1) is 10.1 Å². The second kappa shape index (κ2) is 6.23. The molecule has 1 unspecified atom stereocenters. The van der Waals surface area contributed by atoms with E-state index >= 15 is 0 Å². The van der Waals surface area contributed by atoms with Crippen molar-refractivity contribution >= 4 is 21.7 Å². The van der Waals surface area contributed by atoms with Crippen LogP contribution >= 0.6 is 15.9 Å². The van der Waals surface area contributed by atoms with Crippen LogP contribution in [0.3, 0.4) is 0 Å². The third-order valence-corrected chi connectivity index (χ3v) is 5.21. The molecule has 1 saturated heterocycles. The summed E-state index contributed by atoms with van der Waals surface area (Å²) in [6.07, 6.45) is 6.11. The van der Waals surface area contributed by atoms with E-state index in [0.717, 1.165) is 42.6 Å². The van der Waals surface area contributed by atoms with Crippen LogP contribution in [-0.2, 0) is 4.74 Å². The molecule has 0 aliphatic carbocycles. The lowest BCUT2D eigenvalue weighted by Gasteiger charge is -2.40. The summed E-state index contributed by atoms with van der Waals surface area (Å²) in [7, 11) is 0. The number of rotatable bonds is 4. The van der Waals surface area contributed by atoms with Crippen molar-refractivity contribution in [2.24, 2.45) is 0 Å². The van der Waals surface area contributed by atoms with Crippen molar-refractivity contribution in [3.8, 4) is 0 Å². The van der Waals surface area contributed by atoms with E-state index in [2.05, 4.69) is 47.0 Å². The van der Waals surface area contributed by atoms with Crippen LogP contribution in [0, 0.1) is 6.92 Å². The number of ether oxygens (including phenoxy) is 1. The van der Waals surface area contributed by atoms with Gasteiger partial charge in [0.15, 0.2) is 0 Å². The van der Waals surface area contributed by atoms with E-state index in [1.165, 1.54) is 5.56 Å². The highest BCUT2D eigenvalue weighted by atomic mass is 79.9. The van der Waals surface area contributed by atoms with Crippen LogP contribution in [0.5, 0.6) is 0 Å². The SMILES string of the molecule is CCC1(CC)CC(Nc2nccc(C)c2Br)CCO1. The maximum atomic E-state index is 6.01. The highest BCUT2D eigenvalue weighted by Gasteiger charge is 2.34. The van der Waals surface area contributed by atoms with Crippen molar-refractivity contribution < 1.29 is 4.74 Å². The van der Waals surface area contributed by atoms with Gasteiger partial charge in [-0.25, -0.2) is 4.98 Å². The Morgan fingerprint density at radius 1 is 1.47 bits per heavy atom. The second-order valence-electron chi connectivity index (χ2n) is 5.36. The van der Waals surface area contributed by atoms with Crippen molar-refractivity contribution in [1.29, 1.82) is 0 Å². The number of aryl methyl sites for hydroxylation is 1. The van der Waals surface area contributed by atoms with Crippen LogP contribution in [0.4, 0.5) is 5.82 Å². The molecule has 106 valence electrons. The fourth-order valence-electron chi connectivity index (χ4n) is 2.73. The Balaban J connectivity index is 2.09. The van der Waals surface area contributed by atoms with Crippen LogP contribution in [0.25, 0.3) is 0 Å². The van der Waals surface area contributed by atoms with Gasteiger partial charge in [0.2, 0.25) is 0 Å². The Labute approximate surface area is 124 Å². The van der Waals surface area contributed by atoms with E-state index < -0.39 is 0 Å². The normalized spacial score (nSPS) is 22.2. The summed E-state index contributed by atoms with van der Waals surface area (Å²) in [5.74, 6) is 0.952. The Kier molecular flexibility index (Phi) is 4.85. The Hall–Kier alpha value is -0.610. The summed E-state index contributed by atoms with van der Waals surface area (Å²) in [5, 5.41) is 3.58. The van der Waals surface area contributed by atoms with Gasteiger partial charge >= 0.3 is 0 Å². The summed E-state index contributed by atoms with van der Waals surface area (Å²) < 4.78 is 7.08. The first-order chi connectivity index (χ1) is 9.10. The number of hydrogen-bond donors (Lipinski definition) is 1. The Morgan fingerprint density at radius 2 is 2.21 bits per heavy atom. The van der Waals surface area contributed by atoms with E-state index in [1.807, 2.05) is 12.3 Å². The lowest BCUT2D eigenvalue weighted by atomic mass is 9.86. The molecule has 1 aromatic rings. The molecule has 1 aliphatic heterocycles. The van der Waals surface area contributed by atoms with Crippen molar-refractivity contribution in [3.63, 3.8) is 0 Å². The number of aromatic nitrogens is 1. The first kappa shape index (κ1) is 14.8. The minimum atomic E-state index is 0.0478. The molecule has 1 aliphatic rings. The summed E-state index contributed by atoms with van der Waals surface area (Å²) in [6, 6.07) is 2.46. The summed E-state index contributed by atoms with van der Waals surface area (Å²) in [5.41, 5.74) is 1.26. The molecule has 0 spiro atoms. The molecule has 0 radical (unpaired) electrons. The molecule has 1 aromatic heterocycles. The molecule has 3 nitrogen and oxygen atoms in total. The molecule has 0 saturated carbocycles. The zero-order valence-corrected chi connectivity index (χ0v) is 13.6. The van der Waals surface area contributed by atoms with Gasteiger partial charge in [-0.1, -0.05) is 13.8 Å². The van der Waals surface area contributed by atoms with Gasteiger partial charge in [-0.2, -0.15) is 0 Å². The van der Waals surface area contributed by atoms with E-state index in [0.29, 0.717) is 6.04 Å². The van der Waals surface area contributed by atoms with Crippen molar-refractivity contribution in [2.45, 2.75) is 58.1 Å². The predicted molar refractivity (Wildman–Crippen MR) is 82.6 cm³/mol. The number of nitrogens with one attached hydrogen (secondary N) is 1. The minimum Gasteiger partial charge on any atom is -0.375 e. The standard InChI is InChI=1S/C15H23BrN2O/c1-4-15(5-2)10-12(7-9-19-15)18-14-13(16)11(3)6-8-17-14/h6,8,12H,4-5,7,9-10H2,1-3H3,(H,17,18). The average Bonchev–Trinajstić information content (AvgIpc) is 2.44. The molecule has 4 heteroatoms. The van der Waals surface area contributed by atoms with Gasteiger partial charge in [0.1, 0.15) is 5.82 Å². The van der Waals surface area contributed by atoms with Crippen LogP contribution in [-0.4, -0.2) is 23.2 Å². The first-order valence-corrected chi connectivity index (χ1v) is 7.91. The molecular formula is C15H23BrN2O. The third kappa shape index (κ3) is 3.29. The summed E-state index contributed by atoms with van der Waals surface area (Å²) in [4.78, 5) is 4.43. The third-order valence-electron chi connectivity index (χ3n) is 4.20. The van der Waals surface area contributed by atoms with Gasteiger partial charge in [-0.15, -0.1) is 0 Å². The van der Waals surface area contributed by atoms with Crippen LogP contribution in [0.1, 0.15) is 45.1 Å². The Morgan fingerprint density at radius 3 is 2.89 bits per heavy atom. The average molecular weight is 327 g/mol. The van der Waals surface area contributed by atoms with Gasteiger partial charge in [0.25, 0.3) is 0 Å². The topological polar surface area (TPSA) is 34.2 Å². The van der Waals surface area contributed by atoms with Crippen LogP contribution in [0.15, 0.2) is 16.7 Å². The van der Waals surface area contributed by atoms with Crippen molar-refractivity contribution in [1.82, 2.24) is 4.98 Å². The first-order valence-electron chi connectivity index (χ1n) is 7.12. The maximum absolute atomic E-state index is 6.01. The van der Waals surface area contributed by atoms with Crippen LogP contribution < -0.4 is 5.32 Å². The quantitative estimate of drug-likeness (QED) is 0.895. The monoisotopic (exact) mass is 326 g/mol. The molecule has 2 rings (SSSR count). The van der Waals surface area contributed by atoms with E-state index in [4.69, 9.17) is 4.74 Å². The van der Waals surface area contributed by atoms with Gasteiger partial charge in [0, 0.05) is 18.8 Å². The van der Waals surface area contributed by atoms with Crippen molar-refractivity contribution in [3.05, 3.63) is 22.3 Å². The molecule has 1 N–H and O–H groups in total. The van der Waals surface area contributed by atoms with E-state index in [-0.39, 0.29) is 5.60 Å². The molecule has 19 heavy (non-hydrogen) atoms. The smallest absolute Gasteiger partial charge is 0.140 e. The summed E-state index contributed by atoms with van der Waals surface area (Å²) >= 11 is 3.61. The molecule has 2 heterocycles. The molecule has 0 amide bonds. The van der Waals surface area contributed by atoms with Crippen LogP contribution in [0.2, 0.25) is 0 Å². The summed E-state index contributed by atoms with van der Waals surface area (Å²) in [6.45, 7) is 7.35. The molecule has 0 bridgehead atoms. The highest BCUT2D eigenvalue weighted by molar-refractivity contribution is 9.10. The number of anilines is 1. The molecule has 1 atom stereocenters.